The van der Waals surface area contributed by atoms with Gasteiger partial charge in [-0.25, -0.2) is 0 Å². The van der Waals surface area contributed by atoms with Gasteiger partial charge >= 0.3 is 0 Å². The van der Waals surface area contributed by atoms with Crippen LogP contribution in [0.15, 0.2) is 18.2 Å². The molecule has 1 aromatic heterocycles. The van der Waals surface area contributed by atoms with Crippen molar-refractivity contribution in [2.24, 2.45) is 0 Å². The number of nitrogens with zero attached hydrogens (tertiary/aromatic N) is 2. The summed E-state index contributed by atoms with van der Waals surface area (Å²) in [5.74, 6) is 0.789. The van der Waals surface area contributed by atoms with Crippen LogP contribution in [0.25, 0.3) is 11.4 Å². The Bertz CT molecular complexity index is 571. The summed E-state index contributed by atoms with van der Waals surface area (Å²) >= 11 is 11.3. The second kappa shape index (κ2) is 4.39. The highest BCUT2D eigenvalue weighted by Crippen LogP contribution is 2.27. The van der Waals surface area contributed by atoms with Gasteiger partial charge in [-0.15, -0.1) is 0 Å². The minimum absolute atomic E-state index is 0.620. The molecule has 0 aliphatic heterocycles. The van der Waals surface area contributed by atoms with E-state index >= 15 is 0 Å². The van der Waals surface area contributed by atoms with Gasteiger partial charge in [-0.1, -0.05) is 17.7 Å². The van der Waals surface area contributed by atoms with Gasteiger partial charge in [0.15, 0.2) is 10.6 Å². The quantitative estimate of drug-likeness (QED) is 0.830. The number of benzene rings is 1. The molecule has 84 valence electrons. The Balaban J connectivity index is 2.63. The molecule has 0 unspecified atom stereocenters. The molecular formula is C11H12ClN3S. The zero-order valence-corrected chi connectivity index (χ0v) is 10.7. The number of H-pyrrole nitrogens is 1. The molecular weight excluding hydrogens is 242 g/mol. The van der Waals surface area contributed by atoms with Crippen LogP contribution in [0.3, 0.4) is 0 Å². The summed E-state index contributed by atoms with van der Waals surface area (Å²) < 4.78 is 2.54. The number of rotatable bonds is 2. The fourth-order valence-electron chi connectivity index (χ4n) is 1.62. The van der Waals surface area contributed by atoms with Crippen molar-refractivity contribution >= 4 is 23.8 Å². The molecule has 2 rings (SSSR count). The van der Waals surface area contributed by atoms with Crippen molar-refractivity contribution in [1.82, 2.24) is 14.8 Å². The Morgan fingerprint density at radius 1 is 1.50 bits per heavy atom. The van der Waals surface area contributed by atoms with E-state index in [4.69, 9.17) is 23.8 Å². The molecule has 0 saturated carbocycles. The van der Waals surface area contributed by atoms with Crippen molar-refractivity contribution in [2.75, 3.05) is 0 Å². The monoisotopic (exact) mass is 253 g/mol. The van der Waals surface area contributed by atoms with Gasteiger partial charge in [0.2, 0.25) is 0 Å². The van der Waals surface area contributed by atoms with E-state index < -0.39 is 0 Å². The number of aryl methyl sites for hydroxylation is 1. The third-order valence-electron chi connectivity index (χ3n) is 2.44. The molecule has 1 heterocycles. The highest BCUT2D eigenvalue weighted by atomic mass is 35.5. The number of hydrogen-bond donors (Lipinski definition) is 1. The molecule has 5 heteroatoms. The minimum Gasteiger partial charge on any atom is -0.300 e. The summed E-state index contributed by atoms with van der Waals surface area (Å²) in [7, 11) is 0. The number of nitrogens with one attached hydrogen (secondary N) is 1. The third kappa shape index (κ3) is 1.90. The minimum atomic E-state index is 0.620. The van der Waals surface area contributed by atoms with Gasteiger partial charge in [0.05, 0.1) is 5.02 Å². The summed E-state index contributed by atoms with van der Waals surface area (Å²) in [4.78, 5) is 0. The third-order valence-corrected chi connectivity index (χ3v) is 3.06. The summed E-state index contributed by atoms with van der Waals surface area (Å²) in [5.41, 5.74) is 2.03. The van der Waals surface area contributed by atoms with Crippen molar-refractivity contribution in [2.45, 2.75) is 20.4 Å². The Morgan fingerprint density at radius 3 is 2.88 bits per heavy atom. The van der Waals surface area contributed by atoms with Gasteiger partial charge in [0.1, 0.15) is 0 Å². The van der Waals surface area contributed by atoms with E-state index in [9.17, 15) is 0 Å². The van der Waals surface area contributed by atoms with Gasteiger partial charge in [0, 0.05) is 12.1 Å². The topological polar surface area (TPSA) is 33.6 Å². The molecule has 0 aliphatic rings. The molecule has 0 bridgehead atoms. The van der Waals surface area contributed by atoms with Crippen LogP contribution in [0.2, 0.25) is 5.02 Å². The van der Waals surface area contributed by atoms with Crippen LogP contribution in [0.1, 0.15) is 12.5 Å². The van der Waals surface area contributed by atoms with Crippen LogP contribution in [0.4, 0.5) is 0 Å². The van der Waals surface area contributed by atoms with E-state index in [1.165, 1.54) is 0 Å². The molecule has 0 saturated heterocycles. The first kappa shape index (κ1) is 11.4. The Morgan fingerprint density at radius 2 is 2.25 bits per heavy atom. The summed E-state index contributed by atoms with van der Waals surface area (Å²) in [6, 6.07) is 5.91. The first-order valence-corrected chi connectivity index (χ1v) is 5.84. The lowest BCUT2D eigenvalue weighted by molar-refractivity contribution is 0.755. The molecule has 0 spiro atoms. The van der Waals surface area contributed by atoms with Crippen LogP contribution in [0, 0.1) is 11.7 Å². The fourth-order valence-corrected chi connectivity index (χ4v) is 2.20. The highest BCUT2D eigenvalue weighted by Gasteiger charge is 2.10. The smallest absolute Gasteiger partial charge is 0.195 e. The van der Waals surface area contributed by atoms with Crippen LogP contribution >= 0.6 is 23.8 Å². The van der Waals surface area contributed by atoms with Crippen LogP contribution in [-0.4, -0.2) is 14.8 Å². The second-order valence-corrected chi connectivity index (χ2v) is 4.37. The highest BCUT2D eigenvalue weighted by molar-refractivity contribution is 7.71. The average Bonchev–Trinajstić information content (AvgIpc) is 2.59. The lowest BCUT2D eigenvalue weighted by Crippen LogP contribution is -1.98. The van der Waals surface area contributed by atoms with Gasteiger partial charge in [-0.3, -0.25) is 5.10 Å². The van der Waals surface area contributed by atoms with Crippen LogP contribution in [-0.2, 0) is 6.54 Å². The maximum Gasteiger partial charge on any atom is 0.195 e. The predicted molar refractivity (Wildman–Crippen MR) is 68.3 cm³/mol. The van der Waals surface area contributed by atoms with Crippen LogP contribution in [0.5, 0.6) is 0 Å². The van der Waals surface area contributed by atoms with Crippen molar-refractivity contribution < 1.29 is 0 Å². The van der Waals surface area contributed by atoms with Crippen molar-refractivity contribution in [3.63, 3.8) is 0 Å². The van der Waals surface area contributed by atoms with Gasteiger partial charge in [-0.05, 0) is 43.8 Å². The molecule has 2 aromatic rings. The Hall–Kier alpha value is -1.13. The number of hydrogen-bond acceptors (Lipinski definition) is 2. The molecule has 0 aliphatic carbocycles. The largest absolute Gasteiger partial charge is 0.300 e. The number of halogens is 1. The molecule has 0 atom stereocenters. The lowest BCUT2D eigenvalue weighted by atomic mass is 10.1. The summed E-state index contributed by atoms with van der Waals surface area (Å²) in [5, 5.41) is 7.69. The van der Waals surface area contributed by atoms with E-state index in [1.54, 1.807) is 0 Å². The SMILES string of the molecule is CCn1c(-c2ccc(C)cc2Cl)n[nH]c1=S. The lowest BCUT2D eigenvalue weighted by Gasteiger charge is -2.06. The second-order valence-electron chi connectivity index (χ2n) is 3.58. The summed E-state index contributed by atoms with van der Waals surface area (Å²) in [6.45, 7) is 4.80. The van der Waals surface area contributed by atoms with Gasteiger partial charge in [-0.2, -0.15) is 5.10 Å². The van der Waals surface area contributed by atoms with Gasteiger partial charge < -0.3 is 4.57 Å². The first-order valence-electron chi connectivity index (χ1n) is 5.05. The standard InChI is InChI=1S/C11H12ClN3S/c1-3-15-10(13-14-11(15)16)8-5-4-7(2)6-9(8)12/h4-6H,3H2,1-2H3,(H,14,16). The molecule has 1 N–H and O–H groups in total. The fraction of sp³-hybridized carbons (Fsp3) is 0.273. The van der Waals surface area contributed by atoms with E-state index in [0.29, 0.717) is 9.79 Å². The molecule has 0 amide bonds. The Labute approximate surface area is 104 Å². The van der Waals surface area contributed by atoms with E-state index in [-0.39, 0.29) is 0 Å². The van der Waals surface area contributed by atoms with E-state index in [1.807, 2.05) is 36.6 Å². The number of aromatic amines is 1. The number of aromatic nitrogens is 3. The molecule has 0 fully saturated rings. The summed E-state index contributed by atoms with van der Waals surface area (Å²) in [6.07, 6.45) is 0. The first-order chi connectivity index (χ1) is 7.63. The van der Waals surface area contributed by atoms with Crippen molar-refractivity contribution in [1.29, 1.82) is 0 Å². The van der Waals surface area contributed by atoms with Crippen molar-refractivity contribution in [3.8, 4) is 11.4 Å². The maximum atomic E-state index is 6.20. The van der Waals surface area contributed by atoms with Crippen molar-refractivity contribution in [3.05, 3.63) is 33.6 Å². The maximum absolute atomic E-state index is 6.20. The molecule has 0 radical (unpaired) electrons. The predicted octanol–water partition coefficient (Wildman–Crippen LogP) is 3.59. The van der Waals surface area contributed by atoms with E-state index in [2.05, 4.69) is 10.2 Å². The molecule has 1 aromatic carbocycles. The Kier molecular flexibility index (Phi) is 3.12. The normalized spacial score (nSPS) is 10.7. The van der Waals surface area contributed by atoms with Gasteiger partial charge in [0.25, 0.3) is 0 Å². The zero-order chi connectivity index (χ0) is 11.7. The zero-order valence-electron chi connectivity index (χ0n) is 9.12. The molecule has 3 nitrogen and oxygen atoms in total. The molecule has 16 heavy (non-hydrogen) atoms. The van der Waals surface area contributed by atoms with E-state index in [0.717, 1.165) is 23.5 Å². The average molecular weight is 254 g/mol. The van der Waals surface area contributed by atoms with Crippen LogP contribution < -0.4 is 0 Å².